The molecule has 0 saturated carbocycles. The van der Waals surface area contributed by atoms with E-state index in [9.17, 15) is 0 Å². The first-order valence-electron chi connectivity index (χ1n) is 3.86. The third-order valence-electron chi connectivity index (χ3n) is 1.90. The van der Waals surface area contributed by atoms with Crippen molar-refractivity contribution in [3.8, 4) is 0 Å². The zero-order valence-electron chi connectivity index (χ0n) is 6.48. The summed E-state index contributed by atoms with van der Waals surface area (Å²) in [5.74, 6) is 0. The molecule has 0 unspecified atom stereocenters. The third-order valence-corrected chi connectivity index (χ3v) is 1.90. The number of nitrogens with zero attached hydrogens (tertiary/aromatic N) is 4. The Bertz CT molecular complexity index is 151. The molecule has 0 fully saturated rings. The maximum absolute atomic E-state index is 4.14. The van der Waals surface area contributed by atoms with Gasteiger partial charge in [-0.3, -0.25) is 19.8 Å². The molecule has 0 amide bonds. The minimum atomic E-state index is 0.858. The summed E-state index contributed by atoms with van der Waals surface area (Å²) in [7, 11) is 0. The second-order valence-electron chi connectivity index (χ2n) is 2.86. The van der Waals surface area contributed by atoms with Gasteiger partial charge in [-0.1, -0.05) is 0 Å². The van der Waals surface area contributed by atoms with Crippen LogP contribution in [0.3, 0.4) is 0 Å². The van der Waals surface area contributed by atoms with Gasteiger partial charge in [-0.2, -0.15) is 0 Å². The molecule has 4 nitrogen and oxygen atoms in total. The highest BCUT2D eigenvalue weighted by Crippen LogP contribution is 2.00. The van der Waals surface area contributed by atoms with Crippen molar-refractivity contribution in [3.05, 3.63) is 0 Å². The Morgan fingerprint density at radius 1 is 1.00 bits per heavy atom. The zero-order valence-corrected chi connectivity index (χ0v) is 6.48. The van der Waals surface area contributed by atoms with Crippen LogP contribution in [0.15, 0.2) is 9.98 Å². The monoisotopic (exact) mass is 152 g/mol. The molecule has 0 atom stereocenters. The van der Waals surface area contributed by atoms with Crippen molar-refractivity contribution in [2.45, 2.75) is 0 Å². The van der Waals surface area contributed by atoms with E-state index in [0.717, 1.165) is 33.1 Å². The summed E-state index contributed by atoms with van der Waals surface area (Å²) in [6.07, 6.45) is 3.94. The topological polar surface area (TPSA) is 31.2 Å². The lowest BCUT2D eigenvalue weighted by molar-refractivity contribution is 0.186. The molecule has 11 heavy (non-hydrogen) atoms. The molecule has 0 aromatic carbocycles. The van der Waals surface area contributed by atoms with E-state index < -0.39 is 0 Å². The van der Waals surface area contributed by atoms with Crippen molar-refractivity contribution in [1.29, 1.82) is 0 Å². The minimum absolute atomic E-state index is 0.858. The summed E-state index contributed by atoms with van der Waals surface area (Å²) in [4.78, 5) is 12.9. The lowest BCUT2D eigenvalue weighted by Gasteiger charge is -2.20. The van der Waals surface area contributed by atoms with Crippen molar-refractivity contribution in [2.24, 2.45) is 9.98 Å². The van der Waals surface area contributed by atoms with Crippen LogP contribution in [0.1, 0.15) is 0 Å². The van der Waals surface area contributed by atoms with Gasteiger partial charge in [0.25, 0.3) is 0 Å². The van der Waals surface area contributed by atoms with Crippen LogP contribution >= 0.6 is 0 Å². The molecule has 2 heterocycles. The maximum atomic E-state index is 4.14. The van der Waals surface area contributed by atoms with E-state index in [1.54, 1.807) is 0 Å². The van der Waals surface area contributed by atoms with E-state index in [1.807, 2.05) is 12.4 Å². The largest absolute Gasteiger partial charge is 0.281 e. The zero-order chi connectivity index (χ0) is 7.52. The Morgan fingerprint density at radius 3 is 1.91 bits per heavy atom. The lowest BCUT2D eigenvalue weighted by Crippen LogP contribution is -2.35. The molecule has 0 N–H and O–H groups in total. The molecule has 2 aliphatic rings. The summed E-state index contributed by atoms with van der Waals surface area (Å²) >= 11 is 0. The van der Waals surface area contributed by atoms with Crippen LogP contribution in [-0.4, -0.2) is 55.3 Å². The molecular formula is C7H12N4. The molecule has 0 radical (unpaired) electrons. The average molecular weight is 152 g/mol. The first-order valence-corrected chi connectivity index (χ1v) is 3.86. The Labute approximate surface area is 66.2 Å². The minimum Gasteiger partial charge on any atom is -0.281 e. The van der Waals surface area contributed by atoms with Crippen molar-refractivity contribution < 1.29 is 0 Å². The number of rotatable bonds is 2. The standard InChI is InChI=1S/C7H12N4/c1-3-10(5-8-1)7-11-4-2-9-6-11/h1-2H,3-7H2. The maximum Gasteiger partial charge on any atom is 0.0919 e. The van der Waals surface area contributed by atoms with Crippen molar-refractivity contribution in [2.75, 3.05) is 33.1 Å². The lowest BCUT2D eigenvalue weighted by atomic mass is 10.6. The van der Waals surface area contributed by atoms with Gasteiger partial charge in [-0.05, 0) is 0 Å². The highest BCUT2D eigenvalue weighted by Gasteiger charge is 2.13. The van der Waals surface area contributed by atoms with E-state index in [2.05, 4.69) is 19.8 Å². The van der Waals surface area contributed by atoms with Crippen molar-refractivity contribution in [3.63, 3.8) is 0 Å². The molecule has 0 aromatic rings. The summed E-state index contributed by atoms with van der Waals surface area (Å²) in [5.41, 5.74) is 0. The van der Waals surface area contributed by atoms with Crippen LogP contribution in [0.25, 0.3) is 0 Å². The van der Waals surface area contributed by atoms with Gasteiger partial charge >= 0.3 is 0 Å². The van der Waals surface area contributed by atoms with Crippen LogP contribution in [-0.2, 0) is 0 Å². The van der Waals surface area contributed by atoms with Crippen LogP contribution in [0, 0.1) is 0 Å². The fourth-order valence-corrected chi connectivity index (χ4v) is 1.30. The molecule has 0 spiro atoms. The SMILES string of the molecule is C1=NCN(CN2CC=NC2)C1. The highest BCUT2D eigenvalue weighted by molar-refractivity contribution is 5.62. The Kier molecular flexibility index (Phi) is 1.96. The smallest absolute Gasteiger partial charge is 0.0919 e. The molecule has 0 aliphatic carbocycles. The Morgan fingerprint density at radius 2 is 1.55 bits per heavy atom. The first kappa shape index (κ1) is 6.94. The molecule has 0 saturated heterocycles. The fraction of sp³-hybridized carbons (Fsp3) is 0.714. The van der Waals surface area contributed by atoms with Gasteiger partial charge in [0.05, 0.1) is 20.0 Å². The average Bonchev–Trinajstić information content (AvgIpc) is 2.60. The van der Waals surface area contributed by atoms with Crippen molar-refractivity contribution in [1.82, 2.24) is 9.80 Å². The summed E-state index contributed by atoms with van der Waals surface area (Å²) in [6.45, 7) is 4.71. The van der Waals surface area contributed by atoms with Crippen LogP contribution in [0.4, 0.5) is 0 Å². The number of hydrogen-bond acceptors (Lipinski definition) is 4. The Hall–Kier alpha value is -0.740. The second-order valence-corrected chi connectivity index (χ2v) is 2.86. The van der Waals surface area contributed by atoms with Crippen LogP contribution in [0.2, 0.25) is 0 Å². The molecular weight excluding hydrogens is 140 g/mol. The van der Waals surface area contributed by atoms with Crippen LogP contribution < -0.4 is 0 Å². The van der Waals surface area contributed by atoms with Crippen LogP contribution in [0.5, 0.6) is 0 Å². The fourth-order valence-electron chi connectivity index (χ4n) is 1.30. The van der Waals surface area contributed by atoms with Gasteiger partial charge in [0, 0.05) is 25.5 Å². The molecule has 0 bridgehead atoms. The van der Waals surface area contributed by atoms with E-state index >= 15 is 0 Å². The van der Waals surface area contributed by atoms with E-state index in [4.69, 9.17) is 0 Å². The van der Waals surface area contributed by atoms with Crippen molar-refractivity contribution >= 4 is 12.4 Å². The van der Waals surface area contributed by atoms with E-state index in [0.29, 0.717) is 0 Å². The molecule has 2 rings (SSSR count). The molecule has 2 aliphatic heterocycles. The predicted octanol–water partition coefficient (Wildman–Crippen LogP) is -0.368. The predicted molar refractivity (Wildman–Crippen MR) is 45.0 cm³/mol. The summed E-state index contributed by atoms with van der Waals surface area (Å²) < 4.78 is 0. The van der Waals surface area contributed by atoms with Gasteiger partial charge in [-0.15, -0.1) is 0 Å². The third kappa shape index (κ3) is 1.64. The molecule has 60 valence electrons. The quantitative estimate of drug-likeness (QED) is 0.540. The molecule has 0 aromatic heterocycles. The van der Waals surface area contributed by atoms with Gasteiger partial charge in [-0.25, -0.2) is 0 Å². The second kappa shape index (κ2) is 3.11. The highest BCUT2D eigenvalue weighted by atomic mass is 15.4. The summed E-state index contributed by atoms with van der Waals surface area (Å²) in [5, 5.41) is 0. The van der Waals surface area contributed by atoms with E-state index in [-0.39, 0.29) is 0 Å². The summed E-state index contributed by atoms with van der Waals surface area (Å²) in [6, 6.07) is 0. The van der Waals surface area contributed by atoms with Gasteiger partial charge in [0.1, 0.15) is 0 Å². The van der Waals surface area contributed by atoms with Gasteiger partial charge in [0.2, 0.25) is 0 Å². The Balaban J connectivity index is 1.73. The van der Waals surface area contributed by atoms with Gasteiger partial charge in [0.15, 0.2) is 0 Å². The first-order chi connectivity index (χ1) is 5.45. The van der Waals surface area contributed by atoms with E-state index in [1.165, 1.54) is 0 Å². The number of hydrogen-bond donors (Lipinski definition) is 0. The van der Waals surface area contributed by atoms with Gasteiger partial charge < -0.3 is 0 Å². The molecule has 4 heteroatoms. The normalized spacial score (nSPS) is 25.5. The number of aliphatic imine (C=N–C) groups is 2.